The van der Waals surface area contributed by atoms with Crippen LogP contribution in [0.15, 0.2) is 24.3 Å². The fourth-order valence-electron chi connectivity index (χ4n) is 0.870. The van der Waals surface area contributed by atoms with E-state index >= 15 is 0 Å². The molecule has 1 atom stereocenters. The zero-order valence-corrected chi connectivity index (χ0v) is 7.62. The van der Waals surface area contributed by atoms with Crippen molar-refractivity contribution in [1.82, 2.24) is 0 Å². The van der Waals surface area contributed by atoms with Crippen molar-refractivity contribution in [2.75, 3.05) is 0 Å². The second kappa shape index (κ2) is 2.99. The predicted molar refractivity (Wildman–Crippen MR) is 48.0 cm³/mol. The van der Waals surface area contributed by atoms with Crippen molar-refractivity contribution in [3.05, 3.63) is 29.8 Å². The summed E-state index contributed by atoms with van der Waals surface area (Å²) >= 11 is 0. The predicted octanol–water partition coefficient (Wildman–Crippen LogP) is 0.514. The summed E-state index contributed by atoms with van der Waals surface area (Å²) in [4.78, 5) is 0. The number of rotatable bonds is 1. The van der Waals surface area contributed by atoms with Crippen LogP contribution in [0, 0.1) is 6.92 Å². The van der Waals surface area contributed by atoms with E-state index < -0.39 is 8.96 Å². The Morgan fingerprint density at radius 1 is 1.20 bits per heavy atom. The highest BCUT2D eigenvalue weighted by Gasteiger charge is 1.97. The molecule has 0 radical (unpaired) electrons. The molecule has 1 rings (SSSR count). The van der Waals surface area contributed by atoms with Gasteiger partial charge in [0, 0.05) is 0 Å². The summed E-state index contributed by atoms with van der Waals surface area (Å²) in [6.07, 6.45) is 0. The van der Waals surface area contributed by atoms with Crippen LogP contribution < -0.4 is 10.6 Å². The molecule has 2 N–H and O–H groups in total. The third kappa shape index (κ3) is 1.69. The van der Waals surface area contributed by atoms with E-state index in [1.807, 2.05) is 0 Å². The Kier molecular flexibility index (Phi) is 2.24. The Morgan fingerprint density at radius 3 is 2.10 bits per heavy atom. The Balaban J connectivity index is 2.89. The van der Waals surface area contributed by atoms with Gasteiger partial charge in [0.25, 0.3) is 0 Å². The fraction of sp³-hybridized carbons (Fsp3) is 0.250. The lowest BCUT2D eigenvalue weighted by Crippen LogP contribution is -2.35. The SMILES string of the molecule is Cc1ccc([SiH](C)N)cc1. The molecule has 54 valence electrons. The van der Waals surface area contributed by atoms with E-state index in [-0.39, 0.29) is 0 Å². The number of hydrogen-bond donors (Lipinski definition) is 1. The first-order valence-electron chi connectivity index (χ1n) is 3.52. The first-order chi connectivity index (χ1) is 4.70. The van der Waals surface area contributed by atoms with Gasteiger partial charge in [-0.2, -0.15) is 0 Å². The van der Waals surface area contributed by atoms with E-state index in [0.29, 0.717) is 0 Å². The number of nitrogens with two attached hydrogens (primary N) is 1. The average Bonchev–Trinajstić information content (AvgIpc) is 1.88. The van der Waals surface area contributed by atoms with Crippen molar-refractivity contribution >= 4 is 14.1 Å². The molecule has 0 bridgehead atoms. The van der Waals surface area contributed by atoms with Crippen LogP contribution in [-0.4, -0.2) is 8.96 Å². The summed E-state index contributed by atoms with van der Waals surface area (Å²) in [6.45, 7) is 4.22. The van der Waals surface area contributed by atoms with Crippen LogP contribution in [0.2, 0.25) is 6.55 Å². The van der Waals surface area contributed by atoms with Crippen molar-refractivity contribution in [2.24, 2.45) is 5.40 Å². The van der Waals surface area contributed by atoms with E-state index in [4.69, 9.17) is 5.40 Å². The quantitative estimate of drug-likeness (QED) is 0.582. The molecular weight excluding hydrogens is 138 g/mol. The lowest BCUT2D eigenvalue weighted by atomic mass is 10.2. The highest BCUT2D eigenvalue weighted by Crippen LogP contribution is 1.92. The summed E-state index contributed by atoms with van der Waals surface area (Å²) in [5.74, 6) is 0. The average molecular weight is 151 g/mol. The molecule has 1 aromatic rings. The maximum atomic E-state index is 5.80. The molecule has 2 heteroatoms. The molecule has 1 aromatic carbocycles. The summed E-state index contributed by atoms with van der Waals surface area (Å²) in [5, 5.41) is 7.14. The zero-order valence-electron chi connectivity index (χ0n) is 6.46. The van der Waals surface area contributed by atoms with E-state index in [1.165, 1.54) is 10.8 Å². The Bertz CT molecular complexity index is 203. The van der Waals surface area contributed by atoms with Crippen molar-refractivity contribution in [1.29, 1.82) is 0 Å². The van der Waals surface area contributed by atoms with Gasteiger partial charge in [0.15, 0.2) is 0 Å². The van der Waals surface area contributed by atoms with Gasteiger partial charge in [0.2, 0.25) is 0 Å². The molecule has 0 amide bonds. The minimum absolute atomic E-state index is 1.05. The first-order valence-corrected chi connectivity index (χ1v) is 5.92. The summed E-state index contributed by atoms with van der Waals surface area (Å²) < 4.78 is 0. The third-order valence-electron chi connectivity index (χ3n) is 1.60. The van der Waals surface area contributed by atoms with Crippen LogP contribution in [0.3, 0.4) is 0 Å². The van der Waals surface area contributed by atoms with Crippen LogP contribution in [0.4, 0.5) is 0 Å². The second-order valence-electron chi connectivity index (χ2n) is 2.70. The van der Waals surface area contributed by atoms with Crippen molar-refractivity contribution in [3.63, 3.8) is 0 Å². The van der Waals surface area contributed by atoms with Gasteiger partial charge in [-0.3, -0.25) is 0 Å². The standard InChI is InChI=1S/C8H13NSi/c1-7-3-5-8(6-4-7)10(2)9/h3-6,10H,9H2,1-2H3. The van der Waals surface area contributed by atoms with Gasteiger partial charge in [-0.15, -0.1) is 0 Å². The highest BCUT2D eigenvalue weighted by atomic mass is 28.3. The van der Waals surface area contributed by atoms with Crippen LogP contribution >= 0.6 is 0 Å². The minimum Gasteiger partial charge on any atom is -0.350 e. The highest BCUT2D eigenvalue weighted by molar-refractivity contribution is 6.68. The molecule has 0 aliphatic rings. The van der Waals surface area contributed by atoms with E-state index in [2.05, 4.69) is 37.7 Å². The maximum Gasteiger partial charge on any atom is 0.135 e. The molecule has 0 aromatic heterocycles. The molecule has 0 spiro atoms. The maximum absolute atomic E-state index is 5.80. The second-order valence-corrected chi connectivity index (χ2v) is 4.94. The van der Waals surface area contributed by atoms with Gasteiger partial charge in [0.1, 0.15) is 8.96 Å². The van der Waals surface area contributed by atoms with Crippen LogP contribution in [-0.2, 0) is 0 Å². The largest absolute Gasteiger partial charge is 0.350 e. The van der Waals surface area contributed by atoms with Crippen molar-refractivity contribution in [3.8, 4) is 0 Å². The molecule has 0 aliphatic carbocycles. The van der Waals surface area contributed by atoms with Gasteiger partial charge in [-0.25, -0.2) is 0 Å². The number of hydrogen-bond acceptors (Lipinski definition) is 1. The van der Waals surface area contributed by atoms with Gasteiger partial charge < -0.3 is 5.40 Å². The van der Waals surface area contributed by atoms with E-state index in [9.17, 15) is 0 Å². The summed E-state index contributed by atoms with van der Waals surface area (Å²) in [7, 11) is -1.05. The van der Waals surface area contributed by atoms with Crippen LogP contribution in [0.5, 0.6) is 0 Å². The molecule has 0 aliphatic heterocycles. The van der Waals surface area contributed by atoms with Gasteiger partial charge in [-0.05, 0) is 12.1 Å². The fourth-order valence-corrected chi connectivity index (χ4v) is 1.67. The van der Waals surface area contributed by atoms with E-state index in [1.54, 1.807) is 0 Å². The summed E-state index contributed by atoms with van der Waals surface area (Å²) in [6, 6.07) is 8.50. The lowest BCUT2D eigenvalue weighted by Gasteiger charge is -2.02. The van der Waals surface area contributed by atoms with Crippen molar-refractivity contribution < 1.29 is 0 Å². The normalized spacial score (nSPS) is 13.1. The molecule has 1 nitrogen and oxygen atoms in total. The molecule has 0 saturated carbocycles. The Hall–Kier alpha value is -0.603. The number of benzene rings is 1. The smallest absolute Gasteiger partial charge is 0.135 e. The van der Waals surface area contributed by atoms with Crippen LogP contribution in [0.25, 0.3) is 0 Å². The Morgan fingerprint density at radius 2 is 1.70 bits per heavy atom. The molecular formula is C8H13NSi. The molecule has 0 saturated heterocycles. The molecule has 10 heavy (non-hydrogen) atoms. The first kappa shape index (κ1) is 7.50. The van der Waals surface area contributed by atoms with Gasteiger partial charge in [-0.1, -0.05) is 36.4 Å². The topological polar surface area (TPSA) is 26.0 Å². The lowest BCUT2D eigenvalue weighted by molar-refractivity contribution is 1.48. The number of aryl methyl sites for hydroxylation is 1. The zero-order chi connectivity index (χ0) is 7.56. The molecule has 0 fully saturated rings. The monoisotopic (exact) mass is 151 g/mol. The van der Waals surface area contributed by atoms with Crippen molar-refractivity contribution in [2.45, 2.75) is 13.5 Å². The molecule has 0 heterocycles. The van der Waals surface area contributed by atoms with Gasteiger partial charge >= 0.3 is 0 Å². The van der Waals surface area contributed by atoms with Crippen LogP contribution in [0.1, 0.15) is 5.56 Å². The molecule has 1 unspecified atom stereocenters. The third-order valence-corrected chi connectivity index (χ3v) is 3.04. The minimum atomic E-state index is -1.05. The van der Waals surface area contributed by atoms with Gasteiger partial charge in [0.05, 0.1) is 0 Å². The van der Waals surface area contributed by atoms with E-state index in [0.717, 1.165) is 0 Å². The Labute approximate surface area is 63.6 Å². The summed E-state index contributed by atoms with van der Waals surface area (Å²) in [5.41, 5.74) is 1.30.